The van der Waals surface area contributed by atoms with Crippen LogP contribution in [0, 0.1) is 0 Å². The molecule has 0 unspecified atom stereocenters. The molecule has 0 radical (unpaired) electrons. The zero-order valence-corrected chi connectivity index (χ0v) is 11.8. The summed E-state index contributed by atoms with van der Waals surface area (Å²) in [6, 6.07) is 6.97. The van der Waals surface area contributed by atoms with Crippen LogP contribution in [0.4, 0.5) is 0 Å². The molecule has 0 aliphatic rings. The number of hydrogen-bond acceptors (Lipinski definition) is 1. The summed E-state index contributed by atoms with van der Waals surface area (Å²) in [6.07, 6.45) is 2.46. The molecule has 0 bridgehead atoms. The second kappa shape index (κ2) is 5.26. The van der Waals surface area contributed by atoms with Gasteiger partial charge in [0, 0.05) is 0 Å². The number of halogens is 3. The van der Waals surface area contributed by atoms with Crippen LogP contribution in [-0.4, -0.2) is 21.6 Å². The molecule has 0 fully saturated rings. The Bertz CT molecular complexity index is 399. The van der Waals surface area contributed by atoms with Crippen LogP contribution >= 0.6 is 30.0 Å². The van der Waals surface area contributed by atoms with Gasteiger partial charge in [0.15, 0.2) is 0 Å². The van der Waals surface area contributed by atoms with Gasteiger partial charge in [-0.25, -0.2) is 0 Å². The minimum atomic E-state index is -3.47. The molecule has 1 rings (SSSR count). The van der Waals surface area contributed by atoms with Gasteiger partial charge >= 0.3 is 103 Å². The van der Waals surface area contributed by atoms with E-state index < -0.39 is 16.4 Å². The fourth-order valence-corrected chi connectivity index (χ4v) is 5.38. The standard InChI is InChI=1S/C9H7Cl3GeO2/c10-13(11,12)8-4-2-1-3-7(8)5-6-9(14)15/h1-6H,(H,14,15)/b6-5+. The minimum absolute atomic E-state index is 0.639. The Hall–Kier alpha value is -0.157. The second-order valence-corrected chi connectivity index (χ2v) is 17.8. The van der Waals surface area contributed by atoms with Gasteiger partial charge in [0.1, 0.15) is 0 Å². The average molecular weight is 326 g/mol. The molecular weight excluding hydrogens is 319 g/mol. The van der Waals surface area contributed by atoms with Gasteiger partial charge in [-0.1, -0.05) is 0 Å². The van der Waals surface area contributed by atoms with Crippen molar-refractivity contribution in [3.05, 3.63) is 35.9 Å². The molecule has 0 aromatic heterocycles. The van der Waals surface area contributed by atoms with E-state index in [0.29, 0.717) is 9.96 Å². The van der Waals surface area contributed by atoms with Crippen molar-refractivity contribution in [2.24, 2.45) is 0 Å². The first-order chi connectivity index (χ1) is 6.91. The van der Waals surface area contributed by atoms with E-state index in [9.17, 15) is 4.79 Å². The van der Waals surface area contributed by atoms with E-state index in [1.54, 1.807) is 24.3 Å². The fourth-order valence-electron chi connectivity index (χ4n) is 1.06. The quantitative estimate of drug-likeness (QED) is 0.685. The second-order valence-electron chi connectivity index (χ2n) is 2.76. The van der Waals surface area contributed by atoms with E-state index in [4.69, 9.17) is 35.1 Å². The maximum absolute atomic E-state index is 10.4. The van der Waals surface area contributed by atoms with Gasteiger partial charge < -0.3 is 0 Å². The molecule has 0 aliphatic heterocycles. The van der Waals surface area contributed by atoms with E-state index in [1.165, 1.54) is 6.08 Å². The first kappa shape index (κ1) is 12.9. The molecule has 80 valence electrons. The number of hydrogen-bond donors (Lipinski definition) is 1. The normalized spacial score (nSPS) is 11.9. The van der Waals surface area contributed by atoms with Crippen LogP contribution in [0.3, 0.4) is 0 Å². The molecule has 0 saturated heterocycles. The van der Waals surface area contributed by atoms with Gasteiger partial charge in [0.25, 0.3) is 0 Å². The van der Waals surface area contributed by atoms with Crippen molar-refractivity contribution in [2.45, 2.75) is 0 Å². The molecule has 1 aromatic carbocycles. The van der Waals surface area contributed by atoms with Gasteiger partial charge in [-0.15, -0.1) is 0 Å². The summed E-state index contributed by atoms with van der Waals surface area (Å²) in [7, 11) is 14.3. The first-order valence-corrected chi connectivity index (χ1v) is 13.3. The van der Waals surface area contributed by atoms with Gasteiger partial charge in [0.05, 0.1) is 0 Å². The average Bonchev–Trinajstić information content (AvgIpc) is 2.13. The third kappa shape index (κ3) is 4.07. The van der Waals surface area contributed by atoms with E-state index in [0.717, 1.165) is 6.08 Å². The molecule has 0 spiro atoms. The predicted octanol–water partition coefficient (Wildman–Crippen LogP) is 2.65. The molecule has 0 saturated carbocycles. The van der Waals surface area contributed by atoms with Crippen molar-refractivity contribution in [1.29, 1.82) is 0 Å². The molecule has 1 aromatic rings. The summed E-state index contributed by atoms with van der Waals surface area (Å²) in [5.41, 5.74) is 0.653. The van der Waals surface area contributed by atoms with Crippen LogP contribution in [0.5, 0.6) is 0 Å². The van der Waals surface area contributed by atoms with Crippen molar-refractivity contribution in [3.63, 3.8) is 0 Å². The van der Waals surface area contributed by atoms with Crippen LogP contribution in [0.25, 0.3) is 6.08 Å². The Kier molecular flexibility index (Phi) is 4.52. The number of aliphatic carboxylic acids is 1. The number of benzene rings is 1. The Balaban J connectivity index is 3.13. The van der Waals surface area contributed by atoms with E-state index in [2.05, 4.69) is 0 Å². The maximum atomic E-state index is 10.4. The van der Waals surface area contributed by atoms with Gasteiger partial charge in [0.2, 0.25) is 0 Å². The molecule has 0 heterocycles. The summed E-state index contributed by atoms with van der Waals surface area (Å²) in [4.78, 5) is 10.4. The van der Waals surface area contributed by atoms with E-state index in [-0.39, 0.29) is 0 Å². The summed E-state index contributed by atoms with van der Waals surface area (Å²) < 4.78 is 0.639. The predicted molar refractivity (Wildman–Crippen MR) is 66.1 cm³/mol. The van der Waals surface area contributed by atoms with Gasteiger partial charge in [-0.05, 0) is 0 Å². The number of rotatable bonds is 3. The monoisotopic (exact) mass is 326 g/mol. The summed E-state index contributed by atoms with van der Waals surface area (Å²) in [6.45, 7) is 0. The zero-order chi connectivity index (χ0) is 11.5. The first-order valence-electron chi connectivity index (χ1n) is 3.98. The molecule has 0 amide bonds. The van der Waals surface area contributed by atoms with Gasteiger partial charge in [-0.3, -0.25) is 0 Å². The van der Waals surface area contributed by atoms with Crippen LogP contribution < -0.4 is 4.40 Å². The third-order valence-electron chi connectivity index (χ3n) is 1.67. The van der Waals surface area contributed by atoms with Crippen LogP contribution in [0.1, 0.15) is 5.56 Å². The Morgan fingerprint density at radius 2 is 1.87 bits per heavy atom. The molecule has 6 heteroatoms. The number of carboxylic acids is 1. The summed E-state index contributed by atoms with van der Waals surface area (Å²) >= 11 is 0. The topological polar surface area (TPSA) is 37.3 Å². The summed E-state index contributed by atoms with van der Waals surface area (Å²) in [5, 5.41) is 8.50. The Labute approximate surface area is 102 Å². The molecule has 2 nitrogen and oxygen atoms in total. The number of carboxylic acid groups (broad SMARTS) is 1. The SMILES string of the molecule is O=C(O)/C=C/c1cccc[c]1[Ge]([Cl])([Cl])[Cl]. The van der Waals surface area contributed by atoms with Gasteiger partial charge in [-0.2, -0.15) is 0 Å². The van der Waals surface area contributed by atoms with Crippen LogP contribution in [0.15, 0.2) is 30.3 Å². The molecular formula is C9H7Cl3GeO2. The van der Waals surface area contributed by atoms with Crippen molar-refractivity contribution < 1.29 is 9.90 Å². The van der Waals surface area contributed by atoms with Crippen LogP contribution in [0.2, 0.25) is 0 Å². The number of carbonyl (C=O) groups is 1. The Morgan fingerprint density at radius 3 is 2.40 bits per heavy atom. The fraction of sp³-hybridized carbons (Fsp3) is 0. The molecule has 1 N–H and O–H groups in total. The zero-order valence-electron chi connectivity index (χ0n) is 7.45. The molecule has 0 atom stereocenters. The van der Waals surface area contributed by atoms with Crippen molar-refractivity contribution in [2.75, 3.05) is 0 Å². The van der Waals surface area contributed by atoms with Crippen LogP contribution in [-0.2, 0) is 4.79 Å². The third-order valence-corrected chi connectivity index (χ3v) is 7.08. The molecule has 15 heavy (non-hydrogen) atoms. The van der Waals surface area contributed by atoms with Crippen molar-refractivity contribution >= 4 is 56.9 Å². The summed E-state index contributed by atoms with van der Waals surface area (Å²) in [5.74, 6) is -1.03. The molecule has 0 aliphatic carbocycles. The van der Waals surface area contributed by atoms with E-state index >= 15 is 0 Å². The van der Waals surface area contributed by atoms with E-state index in [1.807, 2.05) is 0 Å². The van der Waals surface area contributed by atoms with Crippen molar-refractivity contribution in [1.82, 2.24) is 0 Å². The van der Waals surface area contributed by atoms with Crippen molar-refractivity contribution in [3.8, 4) is 0 Å². The Morgan fingerprint density at radius 1 is 1.27 bits per heavy atom.